The maximum Gasteiger partial charge on any atom is 0.341 e. The van der Waals surface area contributed by atoms with Crippen molar-refractivity contribution in [2.75, 3.05) is 12.9 Å². The van der Waals surface area contributed by atoms with Crippen LogP contribution in [0.5, 0.6) is 0 Å². The first-order valence-corrected chi connectivity index (χ1v) is 9.60. The average Bonchev–Trinajstić information content (AvgIpc) is 2.61. The molecule has 0 bridgehead atoms. The number of hydrogen-bond acceptors (Lipinski definition) is 5. The lowest BCUT2D eigenvalue weighted by Crippen LogP contribution is -2.28. The number of esters is 1. The number of pyridine rings is 1. The summed E-state index contributed by atoms with van der Waals surface area (Å²) in [5, 5.41) is 9.52. The molecule has 5 nitrogen and oxygen atoms in total. The molecule has 0 amide bonds. The van der Waals surface area contributed by atoms with Crippen LogP contribution in [0, 0.1) is 18.3 Å². The zero-order chi connectivity index (χ0) is 19.4. The van der Waals surface area contributed by atoms with Crippen LogP contribution in [0.15, 0.2) is 34.0 Å². The molecular formula is C20H22N2O3S. The predicted molar refractivity (Wildman–Crippen MR) is 103 cm³/mol. The number of ether oxygens (including phenoxy) is 1. The monoisotopic (exact) mass is 370 g/mol. The summed E-state index contributed by atoms with van der Waals surface area (Å²) in [5.74, 6) is -0.163. The molecule has 0 atom stereocenters. The van der Waals surface area contributed by atoms with Gasteiger partial charge in [-0.05, 0) is 43.7 Å². The van der Waals surface area contributed by atoms with Crippen LogP contribution in [0.25, 0.3) is 5.69 Å². The third kappa shape index (κ3) is 3.54. The number of hydrogen-bond donors (Lipinski definition) is 0. The Kier molecular flexibility index (Phi) is 6.27. The van der Waals surface area contributed by atoms with E-state index in [4.69, 9.17) is 4.74 Å². The normalized spacial score (nSPS) is 10.7. The lowest BCUT2D eigenvalue weighted by molar-refractivity contribution is 0.0520. The molecule has 0 unspecified atom stereocenters. The molecule has 0 saturated carbocycles. The van der Waals surface area contributed by atoms with E-state index in [1.807, 2.05) is 30.3 Å². The molecule has 0 aliphatic heterocycles. The summed E-state index contributed by atoms with van der Waals surface area (Å²) in [5.41, 5.74) is 2.02. The first-order valence-electron chi connectivity index (χ1n) is 8.38. The smallest absolute Gasteiger partial charge is 0.341 e. The fourth-order valence-corrected chi connectivity index (χ4v) is 3.60. The minimum absolute atomic E-state index is 0.0425. The molecule has 0 fully saturated rings. The molecule has 0 N–H and O–H groups in total. The molecule has 6 heteroatoms. The molecule has 26 heavy (non-hydrogen) atoms. The van der Waals surface area contributed by atoms with Crippen LogP contribution in [0.3, 0.4) is 0 Å². The summed E-state index contributed by atoms with van der Waals surface area (Å²) < 4.78 is 6.57. The van der Waals surface area contributed by atoms with E-state index in [0.717, 1.165) is 5.56 Å². The molecule has 1 heterocycles. The molecular weight excluding hydrogens is 348 g/mol. The van der Waals surface area contributed by atoms with Crippen LogP contribution in [-0.2, 0) is 4.74 Å². The van der Waals surface area contributed by atoms with E-state index in [1.165, 1.54) is 16.3 Å². The molecule has 2 aromatic rings. The van der Waals surface area contributed by atoms with Gasteiger partial charge in [0.05, 0.1) is 12.2 Å². The molecule has 2 rings (SSSR count). The summed E-state index contributed by atoms with van der Waals surface area (Å²) in [7, 11) is 0. The van der Waals surface area contributed by atoms with Crippen molar-refractivity contribution in [1.29, 1.82) is 5.26 Å². The van der Waals surface area contributed by atoms with Crippen molar-refractivity contribution in [3.05, 3.63) is 57.0 Å². The first-order chi connectivity index (χ1) is 12.4. The van der Waals surface area contributed by atoms with Gasteiger partial charge in [-0.3, -0.25) is 9.36 Å². The van der Waals surface area contributed by atoms with Crippen LogP contribution in [0.1, 0.15) is 53.9 Å². The maximum absolute atomic E-state index is 12.9. The second kappa shape index (κ2) is 8.24. The quantitative estimate of drug-likeness (QED) is 0.587. The topological polar surface area (TPSA) is 72.1 Å². The summed E-state index contributed by atoms with van der Waals surface area (Å²) in [6.07, 6.45) is 1.74. The van der Waals surface area contributed by atoms with E-state index in [1.54, 1.807) is 20.1 Å². The molecule has 0 aliphatic carbocycles. The highest BCUT2D eigenvalue weighted by atomic mass is 32.2. The third-order valence-corrected chi connectivity index (χ3v) is 5.00. The molecule has 1 aromatic heterocycles. The minimum atomic E-state index is -0.529. The van der Waals surface area contributed by atoms with Crippen LogP contribution >= 0.6 is 11.8 Å². The number of carbonyl (C=O) groups is 1. The van der Waals surface area contributed by atoms with Gasteiger partial charge in [0.2, 0.25) is 0 Å². The summed E-state index contributed by atoms with van der Waals surface area (Å²) >= 11 is 1.20. The van der Waals surface area contributed by atoms with Crippen LogP contribution in [-0.4, -0.2) is 23.4 Å². The van der Waals surface area contributed by atoms with Gasteiger partial charge in [-0.2, -0.15) is 5.26 Å². The van der Waals surface area contributed by atoms with Gasteiger partial charge in [-0.25, -0.2) is 4.79 Å². The standard InChI is InChI=1S/C20H22N2O3S/c1-6-25-20(24)17-13(4)22(19(23)16(11-21)18(17)26-5)15-9-7-14(8-10-15)12(2)3/h7-10,12H,6H2,1-5H3. The van der Waals surface area contributed by atoms with Crippen molar-refractivity contribution in [2.24, 2.45) is 0 Å². The summed E-state index contributed by atoms with van der Waals surface area (Å²) in [4.78, 5) is 25.8. The number of carbonyl (C=O) groups excluding carboxylic acids is 1. The van der Waals surface area contributed by atoms with Crippen molar-refractivity contribution >= 4 is 17.7 Å². The fraction of sp³-hybridized carbons (Fsp3) is 0.350. The van der Waals surface area contributed by atoms with E-state index in [9.17, 15) is 14.9 Å². The van der Waals surface area contributed by atoms with Gasteiger partial charge in [-0.1, -0.05) is 26.0 Å². The van der Waals surface area contributed by atoms with Crippen LogP contribution in [0.2, 0.25) is 0 Å². The number of nitriles is 1. The molecule has 1 aromatic carbocycles. The van der Waals surface area contributed by atoms with Gasteiger partial charge < -0.3 is 4.74 Å². The van der Waals surface area contributed by atoms with E-state index in [-0.39, 0.29) is 17.7 Å². The zero-order valence-electron chi connectivity index (χ0n) is 15.6. The lowest BCUT2D eigenvalue weighted by atomic mass is 10.0. The van der Waals surface area contributed by atoms with Crippen LogP contribution in [0.4, 0.5) is 0 Å². The molecule has 0 aliphatic rings. The highest BCUT2D eigenvalue weighted by Crippen LogP contribution is 2.28. The van der Waals surface area contributed by atoms with E-state index in [0.29, 0.717) is 22.2 Å². The van der Waals surface area contributed by atoms with Gasteiger partial charge in [0.25, 0.3) is 5.56 Å². The molecule has 0 spiro atoms. The van der Waals surface area contributed by atoms with E-state index in [2.05, 4.69) is 13.8 Å². The number of rotatable bonds is 5. The predicted octanol–water partition coefficient (Wildman–Crippen LogP) is 4.04. The number of thioether (sulfide) groups is 1. The Labute approximate surface area is 157 Å². The van der Waals surface area contributed by atoms with Crippen molar-refractivity contribution in [2.45, 2.75) is 38.5 Å². The number of aromatic nitrogens is 1. The van der Waals surface area contributed by atoms with Crippen molar-refractivity contribution in [3.63, 3.8) is 0 Å². The van der Waals surface area contributed by atoms with Gasteiger partial charge in [-0.15, -0.1) is 11.8 Å². The molecule has 136 valence electrons. The lowest BCUT2D eigenvalue weighted by Gasteiger charge is -2.18. The summed E-state index contributed by atoms with van der Waals surface area (Å²) in [6.45, 7) is 7.82. The third-order valence-electron chi connectivity index (χ3n) is 4.18. The average molecular weight is 370 g/mol. The second-order valence-electron chi connectivity index (χ2n) is 6.09. The zero-order valence-corrected chi connectivity index (χ0v) is 16.4. The summed E-state index contributed by atoms with van der Waals surface area (Å²) in [6, 6.07) is 9.52. The van der Waals surface area contributed by atoms with Gasteiger partial charge >= 0.3 is 5.97 Å². The second-order valence-corrected chi connectivity index (χ2v) is 6.90. The van der Waals surface area contributed by atoms with Crippen molar-refractivity contribution < 1.29 is 9.53 Å². The Bertz CT molecular complexity index is 922. The van der Waals surface area contributed by atoms with E-state index < -0.39 is 11.5 Å². The Morgan fingerprint density at radius 2 is 1.92 bits per heavy atom. The molecule has 0 saturated heterocycles. The highest BCUT2D eigenvalue weighted by molar-refractivity contribution is 7.98. The Morgan fingerprint density at radius 3 is 2.38 bits per heavy atom. The van der Waals surface area contributed by atoms with Crippen LogP contribution < -0.4 is 5.56 Å². The number of nitrogens with zero attached hydrogens (tertiary/aromatic N) is 2. The minimum Gasteiger partial charge on any atom is -0.462 e. The SMILES string of the molecule is CCOC(=O)c1c(SC)c(C#N)c(=O)n(-c2ccc(C(C)C)cc2)c1C. The van der Waals surface area contributed by atoms with Gasteiger partial charge in [0, 0.05) is 16.3 Å². The van der Waals surface area contributed by atoms with Crippen molar-refractivity contribution in [1.82, 2.24) is 4.57 Å². The number of benzene rings is 1. The maximum atomic E-state index is 12.9. The van der Waals surface area contributed by atoms with Gasteiger partial charge in [0.1, 0.15) is 11.6 Å². The van der Waals surface area contributed by atoms with Gasteiger partial charge in [0.15, 0.2) is 0 Å². The highest BCUT2D eigenvalue weighted by Gasteiger charge is 2.25. The van der Waals surface area contributed by atoms with Crippen molar-refractivity contribution in [3.8, 4) is 11.8 Å². The Hall–Kier alpha value is -2.52. The van der Waals surface area contributed by atoms with E-state index >= 15 is 0 Å². The molecule has 0 radical (unpaired) electrons. The fourth-order valence-electron chi connectivity index (χ4n) is 2.83. The largest absolute Gasteiger partial charge is 0.462 e. The Morgan fingerprint density at radius 1 is 1.31 bits per heavy atom. The Balaban J connectivity index is 2.82. The first kappa shape index (κ1) is 19.8.